The molecule has 3 aromatic rings. The van der Waals surface area contributed by atoms with Crippen molar-refractivity contribution in [2.75, 3.05) is 23.5 Å². The van der Waals surface area contributed by atoms with Gasteiger partial charge in [-0.3, -0.25) is 4.79 Å². The van der Waals surface area contributed by atoms with Crippen LogP contribution in [0.2, 0.25) is 0 Å². The van der Waals surface area contributed by atoms with Crippen molar-refractivity contribution in [1.82, 2.24) is 10.2 Å². The number of sulfone groups is 2. The number of amides is 1. The summed E-state index contributed by atoms with van der Waals surface area (Å²) in [5.74, 6) is -3.66. The molecule has 2 aromatic carbocycles. The van der Waals surface area contributed by atoms with Crippen LogP contribution in [0.15, 0.2) is 45.7 Å². The number of ether oxygens (including phenoxy) is 1. The molecule has 0 unspecified atom stereocenters. The number of benzene rings is 2. The fourth-order valence-electron chi connectivity index (χ4n) is 3.82. The summed E-state index contributed by atoms with van der Waals surface area (Å²) in [7, 11) is -8.01. The van der Waals surface area contributed by atoms with Crippen molar-refractivity contribution in [3.63, 3.8) is 0 Å². The second-order valence-electron chi connectivity index (χ2n) is 9.85. The number of carbonyl (C=O) groups excluding carboxylic acids is 1. The Kier molecular flexibility index (Phi) is 7.68. The van der Waals surface area contributed by atoms with Crippen LogP contribution in [0.5, 0.6) is 5.75 Å². The van der Waals surface area contributed by atoms with Crippen LogP contribution in [0.3, 0.4) is 0 Å². The first kappa shape index (κ1) is 30.4. The largest absolute Gasteiger partial charge is 0.484 e. The Labute approximate surface area is 232 Å². The highest BCUT2D eigenvalue weighted by atomic mass is 32.2. The summed E-state index contributed by atoms with van der Waals surface area (Å²) in [4.78, 5) is 13.7. The van der Waals surface area contributed by atoms with Crippen LogP contribution >= 0.6 is 0 Å². The van der Waals surface area contributed by atoms with Crippen LogP contribution in [0.25, 0.3) is 11.5 Å². The molecule has 2 N–H and O–H groups in total. The van der Waals surface area contributed by atoms with Crippen LogP contribution in [0.1, 0.15) is 25.3 Å². The van der Waals surface area contributed by atoms with Crippen molar-refractivity contribution < 1.29 is 48.3 Å². The summed E-state index contributed by atoms with van der Waals surface area (Å²) >= 11 is 0. The molecule has 0 spiro atoms. The Morgan fingerprint density at radius 3 is 2.37 bits per heavy atom. The van der Waals surface area contributed by atoms with Gasteiger partial charge in [0.05, 0.1) is 34.5 Å². The third kappa shape index (κ3) is 6.20. The number of aromatic nitrogens is 2. The molecular formula is C24H24F4N4O7S2. The van der Waals surface area contributed by atoms with Crippen molar-refractivity contribution in [3.8, 4) is 17.2 Å². The average Bonchev–Trinajstić information content (AvgIpc) is 3.33. The summed E-state index contributed by atoms with van der Waals surface area (Å²) < 4.78 is 112. The quantitative estimate of drug-likeness (QED) is 0.389. The second kappa shape index (κ2) is 10.4. The average molecular weight is 621 g/mol. The van der Waals surface area contributed by atoms with Crippen LogP contribution in [0, 0.1) is 5.82 Å². The van der Waals surface area contributed by atoms with Gasteiger partial charge in [0.15, 0.2) is 26.3 Å². The van der Waals surface area contributed by atoms with Crippen LogP contribution in [-0.4, -0.2) is 63.8 Å². The van der Waals surface area contributed by atoms with Gasteiger partial charge >= 0.3 is 6.18 Å². The van der Waals surface area contributed by atoms with Crippen molar-refractivity contribution >= 4 is 31.3 Å². The molecule has 0 bridgehead atoms. The molecule has 0 saturated carbocycles. The van der Waals surface area contributed by atoms with Crippen LogP contribution < -0.4 is 15.4 Å². The molecule has 0 radical (unpaired) electrons. The number of rotatable bonds is 7. The maximum Gasteiger partial charge on any atom is 0.422 e. The standard InChI is InChI=1S/C24H24F4N4O7S2/c1-23(2,40(3,34)35)22-31-30-20(39-22)15-8-18-19(9-16(15)25)41(36,37)11-17(29)21(33)32(18)10-13-4-6-14(7-5-13)38-12-24(26,27)28/h4-9,17H,10-12,29H2,1-3H3/t17-/m0/s1. The van der Waals surface area contributed by atoms with E-state index in [9.17, 15) is 34.8 Å². The van der Waals surface area contributed by atoms with Gasteiger partial charge in [-0.25, -0.2) is 21.2 Å². The lowest BCUT2D eigenvalue weighted by Gasteiger charge is -2.24. The van der Waals surface area contributed by atoms with Gasteiger partial charge in [0.2, 0.25) is 11.8 Å². The maximum absolute atomic E-state index is 15.3. The van der Waals surface area contributed by atoms with Crippen molar-refractivity contribution in [2.45, 2.75) is 42.3 Å². The number of nitrogens with two attached hydrogens (primary N) is 1. The summed E-state index contributed by atoms with van der Waals surface area (Å²) in [5.41, 5.74) is 5.55. The molecule has 4 rings (SSSR count). The van der Waals surface area contributed by atoms with Crippen LogP contribution in [0.4, 0.5) is 23.2 Å². The topological polar surface area (TPSA) is 163 Å². The van der Waals surface area contributed by atoms with Crippen LogP contribution in [-0.2, 0) is 35.8 Å². The van der Waals surface area contributed by atoms with E-state index in [0.29, 0.717) is 11.6 Å². The Hall–Kier alpha value is -3.57. The SMILES string of the molecule is CC(C)(c1nnc(-c2cc3c(cc2F)S(=O)(=O)C[C@H](N)C(=O)N3Cc2ccc(OCC(F)(F)F)cc2)o1)S(C)(=O)=O. The van der Waals surface area contributed by atoms with E-state index in [-0.39, 0.29) is 23.9 Å². The highest BCUT2D eigenvalue weighted by Gasteiger charge is 2.40. The Morgan fingerprint density at radius 1 is 1.15 bits per heavy atom. The molecule has 41 heavy (non-hydrogen) atoms. The van der Waals surface area contributed by atoms with E-state index in [2.05, 4.69) is 14.9 Å². The Morgan fingerprint density at radius 2 is 1.78 bits per heavy atom. The number of hydrogen-bond acceptors (Lipinski definition) is 10. The van der Waals surface area contributed by atoms with Gasteiger partial charge in [0, 0.05) is 6.26 Å². The highest BCUT2D eigenvalue weighted by molar-refractivity contribution is 7.92. The molecule has 1 aliphatic heterocycles. The zero-order valence-electron chi connectivity index (χ0n) is 21.8. The molecule has 11 nitrogen and oxygen atoms in total. The first-order valence-electron chi connectivity index (χ1n) is 11.8. The van der Waals surface area contributed by atoms with Crippen molar-refractivity contribution in [1.29, 1.82) is 0 Å². The molecule has 0 saturated heterocycles. The zero-order valence-corrected chi connectivity index (χ0v) is 23.4. The van der Waals surface area contributed by atoms with E-state index >= 15 is 4.39 Å². The van der Waals surface area contributed by atoms with Gasteiger partial charge in [-0.2, -0.15) is 13.2 Å². The van der Waals surface area contributed by atoms with Gasteiger partial charge in [0.25, 0.3) is 5.89 Å². The lowest BCUT2D eigenvalue weighted by molar-refractivity contribution is -0.153. The molecule has 1 atom stereocenters. The third-order valence-electron chi connectivity index (χ3n) is 6.42. The predicted octanol–water partition coefficient (Wildman–Crippen LogP) is 2.74. The Bertz CT molecular complexity index is 1700. The number of hydrogen-bond donors (Lipinski definition) is 1. The molecule has 2 heterocycles. The first-order valence-corrected chi connectivity index (χ1v) is 15.3. The summed E-state index contributed by atoms with van der Waals surface area (Å²) in [6, 6.07) is 5.37. The van der Waals surface area contributed by atoms with Gasteiger partial charge < -0.3 is 19.8 Å². The third-order valence-corrected chi connectivity index (χ3v) is 10.2. The minimum Gasteiger partial charge on any atom is -0.484 e. The lowest BCUT2D eigenvalue weighted by atomic mass is 10.1. The summed E-state index contributed by atoms with van der Waals surface area (Å²) in [6.45, 7) is 0.807. The van der Waals surface area contributed by atoms with Gasteiger partial charge in [-0.1, -0.05) is 12.1 Å². The molecule has 1 amide bonds. The molecule has 0 aliphatic carbocycles. The van der Waals surface area contributed by atoms with Crippen molar-refractivity contribution in [2.24, 2.45) is 5.73 Å². The molecule has 1 aromatic heterocycles. The number of carbonyl (C=O) groups is 1. The van der Waals surface area contributed by atoms with E-state index in [4.69, 9.17) is 10.2 Å². The molecule has 17 heteroatoms. The number of anilines is 1. The fourth-order valence-corrected chi connectivity index (χ4v) is 5.79. The van der Waals surface area contributed by atoms with Gasteiger partial charge in [-0.15, -0.1) is 10.2 Å². The normalized spacial score (nSPS) is 17.7. The van der Waals surface area contributed by atoms with Crippen molar-refractivity contribution in [3.05, 3.63) is 53.7 Å². The van der Waals surface area contributed by atoms with E-state index < -0.39 is 77.1 Å². The lowest BCUT2D eigenvalue weighted by Crippen LogP contribution is -2.45. The maximum atomic E-state index is 15.3. The molecular weight excluding hydrogens is 596 g/mol. The molecule has 0 fully saturated rings. The van der Waals surface area contributed by atoms with E-state index in [1.165, 1.54) is 38.1 Å². The van der Waals surface area contributed by atoms with E-state index in [1.54, 1.807) is 0 Å². The number of alkyl halides is 3. The fraction of sp³-hybridized carbons (Fsp3) is 0.375. The highest BCUT2D eigenvalue weighted by Crippen LogP contribution is 2.38. The second-order valence-corrected chi connectivity index (χ2v) is 14.4. The minimum atomic E-state index is -4.55. The molecule has 222 valence electrons. The minimum absolute atomic E-state index is 0.0958. The van der Waals surface area contributed by atoms with E-state index in [0.717, 1.165) is 17.2 Å². The predicted molar refractivity (Wildman–Crippen MR) is 137 cm³/mol. The first-order chi connectivity index (χ1) is 18.8. The van der Waals surface area contributed by atoms with Gasteiger partial charge in [0.1, 0.15) is 16.3 Å². The monoisotopic (exact) mass is 620 g/mol. The van der Waals surface area contributed by atoms with Gasteiger partial charge in [-0.05, 0) is 43.7 Å². The number of fused-ring (bicyclic) bond motifs is 1. The van der Waals surface area contributed by atoms with E-state index in [1.807, 2.05) is 0 Å². The number of halogens is 4. The smallest absolute Gasteiger partial charge is 0.422 e. The Balaban J connectivity index is 1.78. The summed E-state index contributed by atoms with van der Waals surface area (Å²) in [6.07, 6.45) is -3.60. The summed E-state index contributed by atoms with van der Waals surface area (Å²) in [5, 5.41) is 7.45. The number of nitrogens with zero attached hydrogens (tertiary/aromatic N) is 3. The zero-order chi connectivity index (χ0) is 30.5. The molecule has 1 aliphatic rings.